The topological polar surface area (TPSA) is 21.3 Å². The molecule has 1 N–H and O–H groups in total. The average molecular weight is 282 g/mol. The van der Waals surface area contributed by atoms with E-state index in [-0.39, 0.29) is 0 Å². The Bertz CT molecular complexity index is 393. The molecule has 2 nitrogen and oxygen atoms in total. The minimum absolute atomic E-state index is 0.855. The summed E-state index contributed by atoms with van der Waals surface area (Å²) in [5.41, 5.74) is 1.23. The van der Waals surface area contributed by atoms with Crippen molar-refractivity contribution >= 4 is 15.9 Å². The summed E-state index contributed by atoms with van der Waals surface area (Å²) < 4.78 is 6.16. The third-order valence-corrected chi connectivity index (χ3v) is 2.77. The smallest absolute Gasteiger partial charge is 0.133 e. The van der Waals surface area contributed by atoms with Crippen molar-refractivity contribution in [3.63, 3.8) is 0 Å². The number of halogens is 1. The van der Waals surface area contributed by atoms with Gasteiger partial charge in [0, 0.05) is 19.5 Å². The molecule has 0 aliphatic carbocycles. The summed E-state index contributed by atoms with van der Waals surface area (Å²) in [6.07, 6.45) is 0.897. The quantitative estimate of drug-likeness (QED) is 0.662. The Morgan fingerprint density at radius 3 is 2.88 bits per heavy atom. The number of rotatable bonds is 5. The van der Waals surface area contributed by atoms with Gasteiger partial charge >= 0.3 is 0 Å². The van der Waals surface area contributed by atoms with Gasteiger partial charge in [0.15, 0.2) is 0 Å². The number of methoxy groups -OCH3 is 1. The fraction of sp³-hybridized carbons (Fsp3) is 0.385. The first-order valence-electron chi connectivity index (χ1n) is 5.20. The molecule has 0 amide bonds. The van der Waals surface area contributed by atoms with Crippen molar-refractivity contribution in [1.29, 1.82) is 0 Å². The van der Waals surface area contributed by atoms with Crippen molar-refractivity contribution in [3.05, 3.63) is 28.2 Å². The third-order valence-electron chi connectivity index (χ3n) is 2.15. The lowest BCUT2D eigenvalue weighted by atomic mass is 10.2. The summed E-state index contributed by atoms with van der Waals surface area (Å²) in [4.78, 5) is 0. The minimum Gasteiger partial charge on any atom is -0.496 e. The van der Waals surface area contributed by atoms with Gasteiger partial charge < -0.3 is 10.1 Å². The predicted octanol–water partition coefficient (Wildman–Crippen LogP) is 2.96. The van der Waals surface area contributed by atoms with E-state index in [2.05, 4.69) is 45.2 Å². The molecule has 0 spiro atoms. The molecule has 0 bridgehead atoms. The number of hydrogen-bond donors (Lipinski definition) is 1. The van der Waals surface area contributed by atoms with Gasteiger partial charge in [-0.05, 0) is 40.5 Å². The maximum Gasteiger partial charge on any atom is 0.133 e. The molecule has 86 valence electrons. The van der Waals surface area contributed by atoms with Crippen molar-refractivity contribution in [3.8, 4) is 17.6 Å². The van der Waals surface area contributed by atoms with Gasteiger partial charge in [-0.15, -0.1) is 11.8 Å². The van der Waals surface area contributed by atoms with Gasteiger partial charge in [0.1, 0.15) is 5.75 Å². The lowest BCUT2D eigenvalue weighted by Gasteiger charge is -2.06. The van der Waals surface area contributed by atoms with E-state index in [1.54, 1.807) is 7.11 Å². The molecule has 0 aliphatic heterocycles. The van der Waals surface area contributed by atoms with Crippen LogP contribution in [0.5, 0.6) is 5.75 Å². The van der Waals surface area contributed by atoms with E-state index < -0.39 is 0 Å². The summed E-state index contributed by atoms with van der Waals surface area (Å²) in [5.74, 6) is 6.76. The van der Waals surface area contributed by atoms with Crippen molar-refractivity contribution in [2.75, 3.05) is 13.7 Å². The number of hydrogen-bond acceptors (Lipinski definition) is 2. The third kappa shape index (κ3) is 4.26. The Labute approximate surface area is 106 Å². The van der Waals surface area contributed by atoms with Crippen LogP contribution in [0.3, 0.4) is 0 Å². The molecule has 1 aromatic carbocycles. The van der Waals surface area contributed by atoms with Gasteiger partial charge in [0.05, 0.1) is 11.6 Å². The molecule has 0 atom stereocenters. The highest BCUT2D eigenvalue weighted by atomic mass is 79.9. The lowest BCUT2D eigenvalue weighted by Crippen LogP contribution is -2.14. The Morgan fingerprint density at radius 1 is 1.44 bits per heavy atom. The van der Waals surface area contributed by atoms with Crippen LogP contribution >= 0.6 is 15.9 Å². The standard InChI is InChI=1S/C13H16BrNO/c1-3-4-5-8-15-10-11-6-7-13(16-2)12(14)9-11/h6-7,9,15H,5,8,10H2,1-2H3. The summed E-state index contributed by atoms with van der Waals surface area (Å²) >= 11 is 3.47. The summed E-state index contributed by atoms with van der Waals surface area (Å²) in [5, 5.41) is 3.34. The molecule has 0 heterocycles. The number of ether oxygens (including phenoxy) is 1. The highest BCUT2D eigenvalue weighted by Crippen LogP contribution is 2.25. The largest absolute Gasteiger partial charge is 0.496 e. The highest BCUT2D eigenvalue weighted by molar-refractivity contribution is 9.10. The second-order valence-electron chi connectivity index (χ2n) is 3.32. The van der Waals surface area contributed by atoms with Crippen molar-refractivity contribution < 1.29 is 4.74 Å². The molecule has 0 radical (unpaired) electrons. The Kier molecular flexibility index (Phi) is 5.99. The van der Waals surface area contributed by atoms with Crippen LogP contribution in [-0.2, 0) is 6.54 Å². The van der Waals surface area contributed by atoms with E-state index in [1.807, 2.05) is 13.0 Å². The molecule has 3 heteroatoms. The molecular formula is C13H16BrNO. The SMILES string of the molecule is CC#CCCNCc1ccc(OC)c(Br)c1. The number of nitrogens with one attached hydrogen (secondary N) is 1. The molecule has 0 unspecified atom stereocenters. The molecule has 1 aromatic rings. The van der Waals surface area contributed by atoms with Crippen molar-refractivity contribution in [1.82, 2.24) is 5.32 Å². The molecule has 1 rings (SSSR count). The Hall–Kier alpha value is -0.980. The Balaban J connectivity index is 2.42. The van der Waals surface area contributed by atoms with Crippen molar-refractivity contribution in [2.45, 2.75) is 19.9 Å². The zero-order chi connectivity index (χ0) is 11.8. The molecule has 0 saturated carbocycles. The van der Waals surface area contributed by atoms with Crippen LogP contribution in [0.1, 0.15) is 18.9 Å². The van der Waals surface area contributed by atoms with E-state index in [1.165, 1.54) is 5.56 Å². The molecule has 0 saturated heterocycles. The van der Waals surface area contributed by atoms with E-state index in [0.29, 0.717) is 0 Å². The van der Waals surface area contributed by atoms with Crippen LogP contribution < -0.4 is 10.1 Å². The fourth-order valence-corrected chi connectivity index (χ4v) is 1.92. The molecule has 16 heavy (non-hydrogen) atoms. The van der Waals surface area contributed by atoms with Crippen LogP contribution in [0.15, 0.2) is 22.7 Å². The molecule has 0 aromatic heterocycles. The summed E-state index contributed by atoms with van der Waals surface area (Å²) in [6.45, 7) is 3.64. The van der Waals surface area contributed by atoms with Crippen LogP contribution in [0.2, 0.25) is 0 Å². The van der Waals surface area contributed by atoms with Gasteiger partial charge in [-0.25, -0.2) is 0 Å². The van der Waals surface area contributed by atoms with Crippen molar-refractivity contribution in [2.24, 2.45) is 0 Å². The van der Waals surface area contributed by atoms with Gasteiger partial charge in [-0.3, -0.25) is 0 Å². The van der Waals surface area contributed by atoms with Gasteiger partial charge in [-0.2, -0.15) is 0 Å². The zero-order valence-corrected chi connectivity index (χ0v) is 11.2. The monoisotopic (exact) mass is 281 g/mol. The van der Waals surface area contributed by atoms with Gasteiger partial charge in [-0.1, -0.05) is 6.07 Å². The molecule has 0 aliphatic rings. The van der Waals surface area contributed by atoms with Crippen LogP contribution in [0, 0.1) is 11.8 Å². The second kappa shape index (κ2) is 7.32. The lowest BCUT2D eigenvalue weighted by molar-refractivity contribution is 0.412. The first-order valence-corrected chi connectivity index (χ1v) is 6.00. The van der Waals surface area contributed by atoms with Crippen LogP contribution in [0.25, 0.3) is 0 Å². The van der Waals surface area contributed by atoms with E-state index in [4.69, 9.17) is 4.74 Å². The fourth-order valence-electron chi connectivity index (χ4n) is 1.33. The maximum absolute atomic E-state index is 5.17. The van der Waals surface area contributed by atoms with Gasteiger partial charge in [0.25, 0.3) is 0 Å². The van der Waals surface area contributed by atoms with E-state index in [0.717, 1.165) is 29.7 Å². The molecular weight excluding hydrogens is 266 g/mol. The van der Waals surface area contributed by atoms with E-state index >= 15 is 0 Å². The minimum atomic E-state index is 0.855. The maximum atomic E-state index is 5.17. The summed E-state index contributed by atoms with van der Waals surface area (Å²) in [7, 11) is 1.67. The highest BCUT2D eigenvalue weighted by Gasteiger charge is 2.00. The normalized spacial score (nSPS) is 9.44. The van der Waals surface area contributed by atoms with E-state index in [9.17, 15) is 0 Å². The van der Waals surface area contributed by atoms with Crippen LogP contribution in [0.4, 0.5) is 0 Å². The molecule has 0 fully saturated rings. The second-order valence-corrected chi connectivity index (χ2v) is 4.18. The predicted molar refractivity (Wildman–Crippen MR) is 70.5 cm³/mol. The Morgan fingerprint density at radius 2 is 2.25 bits per heavy atom. The summed E-state index contributed by atoms with van der Waals surface area (Å²) in [6, 6.07) is 6.09. The van der Waals surface area contributed by atoms with Gasteiger partial charge in [0.2, 0.25) is 0 Å². The zero-order valence-electron chi connectivity index (χ0n) is 9.64. The average Bonchev–Trinajstić information content (AvgIpc) is 2.29. The van der Waals surface area contributed by atoms with Crippen LogP contribution in [-0.4, -0.2) is 13.7 Å². The number of benzene rings is 1. The first kappa shape index (κ1) is 13.1. The first-order chi connectivity index (χ1) is 7.77.